The molecule has 0 saturated heterocycles. The molecule has 0 amide bonds. The van der Waals surface area contributed by atoms with Crippen molar-refractivity contribution in [2.24, 2.45) is 10.8 Å². The fourth-order valence-electron chi connectivity index (χ4n) is 0.617. The third-order valence-electron chi connectivity index (χ3n) is 1.06. The largest absolute Gasteiger partial charge is 0.270 e. The number of aliphatic imine (C=N–C) groups is 1. The first kappa shape index (κ1) is 6.04. The highest BCUT2D eigenvalue weighted by molar-refractivity contribution is 5.73. The molecule has 2 N–H and O–H groups in total. The molecule has 0 aromatic carbocycles. The van der Waals surface area contributed by atoms with Crippen LogP contribution >= 0.6 is 0 Å². The van der Waals surface area contributed by atoms with Crippen LogP contribution < -0.4 is 5.84 Å². The van der Waals surface area contributed by atoms with Gasteiger partial charge in [-0.25, -0.2) is 10.8 Å². The van der Waals surface area contributed by atoms with Gasteiger partial charge in [0.25, 0.3) is 0 Å². The second-order valence-electron chi connectivity index (χ2n) is 1.67. The minimum Gasteiger partial charge on any atom is -0.270 e. The van der Waals surface area contributed by atoms with Crippen molar-refractivity contribution in [3.05, 3.63) is 24.2 Å². The van der Waals surface area contributed by atoms with Crippen molar-refractivity contribution in [3.8, 4) is 0 Å². The maximum atomic E-state index is 5.45. The summed E-state index contributed by atoms with van der Waals surface area (Å²) in [6, 6.07) is 0. The van der Waals surface area contributed by atoms with Crippen LogP contribution in [0, 0.1) is 0 Å². The predicted octanol–water partition coefficient (Wildman–Crippen LogP) is 0.622. The summed E-state index contributed by atoms with van der Waals surface area (Å²) in [6.45, 7) is 1.89. The van der Waals surface area contributed by atoms with E-state index in [4.69, 9.17) is 5.84 Å². The number of rotatable bonds is 0. The molecular weight excluding hydrogens is 114 g/mol. The van der Waals surface area contributed by atoms with Gasteiger partial charge in [0.2, 0.25) is 0 Å². The Kier molecular flexibility index (Phi) is 1.65. The number of allylic oxidation sites excluding steroid dienone is 2. The molecule has 9 heavy (non-hydrogen) atoms. The lowest BCUT2D eigenvalue weighted by Gasteiger charge is -2.14. The van der Waals surface area contributed by atoms with Crippen LogP contribution in [0.15, 0.2) is 29.2 Å². The molecule has 0 spiro atoms. The van der Waals surface area contributed by atoms with Crippen LogP contribution in [0.5, 0.6) is 0 Å². The van der Waals surface area contributed by atoms with Crippen LogP contribution in [0.1, 0.15) is 6.92 Å². The molecule has 1 rings (SSSR count). The van der Waals surface area contributed by atoms with Crippen LogP contribution in [0.2, 0.25) is 0 Å². The van der Waals surface area contributed by atoms with Gasteiger partial charge in [-0.3, -0.25) is 5.01 Å². The predicted molar refractivity (Wildman–Crippen MR) is 37.4 cm³/mol. The van der Waals surface area contributed by atoms with Crippen molar-refractivity contribution < 1.29 is 0 Å². The van der Waals surface area contributed by atoms with Gasteiger partial charge in [0, 0.05) is 12.4 Å². The molecule has 0 fully saturated rings. The molecule has 3 heteroatoms. The van der Waals surface area contributed by atoms with E-state index >= 15 is 0 Å². The molecular formula is C6H9N3. The van der Waals surface area contributed by atoms with Gasteiger partial charge in [0.05, 0.1) is 0 Å². The summed E-state index contributed by atoms with van der Waals surface area (Å²) in [4.78, 5) is 3.98. The quantitative estimate of drug-likeness (QED) is 0.480. The highest BCUT2D eigenvalue weighted by Gasteiger charge is 1.98. The molecule has 0 aromatic rings. The summed E-state index contributed by atoms with van der Waals surface area (Å²) >= 11 is 0. The molecule has 0 radical (unpaired) electrons. The zero-order chi connectivity index (χ0) is 6.69. The summed E-state index contributed by atoms with van der Waals surface area (Å²) in [5.74, 6) is 6.23. The van der Waals surface area contributed by atoms with Crippen molar-refractivity contribution in [1.82, 2.24) is 5.01 Å². The molecule has 0 bridgehead atoms. The first-order valence-corrected chi connectivity index (χ1v) is 2.75. The van der Waals surface area contributed by atoms with E-state index in [-0.39, 0.29) is 0 Å². The number of hydrazine groups is 1. The maximum Gasteiger partial charge on any atom is 0.142 e. The van der Waals surface area contributed by atoms with Crippen LogP contribution in [0.3, 0.4) is 0 Å². The Bertz CT molecular complexity index is 179. The van der Waals surface area contributed by atoms with Crippen molar-refractivity contribution >= 4 is 6.21 Å². The molecule has 1 heterocycles. The Labute approximate surface area is 54.1 Å². The van der Waals surface area contributed by atoms with Gasteiger partial charge in [0.15, 0.2) is 0 Å². The standard InChI is InChI=1S/C6H9N3/c1-2-6-8-4-3-5-9(6)7/h2-5H,7H2,1H3/b6-2-. The second-order valence-corrected chi connectivity index (χ2v) is 1.67. The lowest BCUT2D eigenvalue weighted by atomic mass is 10.5. The van der Waals surface area contributed by atoms with Gasteiger partial charge in [-0.1, -0.05) is 0 Å². The van der Waals surface area contributed by atoms with Crippen molar-refractivity contribution in [2.45, 2.75) is 6.92 Å². The number of hydrogen-bond donors (Lipinski definition) is 1. The second kappa shape index (κ2) is 2.46. The minimum absolute atomic E-state index is 0.775. The average Bonchev–Trinajstić information content (AvgIpc) is 1.89. The van der Waals surface area contributed by atoms with Gasteiger partial charge in [-0.05, 0) is 19.1 Å². The molecule has 3 nitrogen and oxygen atoms in total. The van der Waals surface area contributed by atoms with Crippen LogP contribution in [0.25, 0.3) is 0 Å². The maximum absolute atomic E-state index is 5.45. The Hall–Kier alpha value is -1.09. The van der Waals surface area contributed by atoms with E-state index in [0.29, 0.717) is 0 Å². The molecule has 48 valence electrons. The van der Waals surface area contributed by atoms with Crippen LogP contribution in [-0.2, 0) is 0 Å². The van der Waals surface area contributed by atoms with Gasteiger partial charge in [-0.2, -0.15) is 0 Å². The normalized spacial score (nSPS) is 21.6. The topological polar surface area (TPSA) is 41.6 Å². The van der Waals surface area contributed by atoms with E-state index in [1.54, 1.807) is 18.5 Å². The van der Waals surface area contributed by atoms with Gasteiger partial charge < -0.3 is 0 Å². The van der Waals surface area contributed by atoms with Crippen molar-refractivity contribution in [2.75, 3.05) is 0 Å². The summed E-state index contributed by atoms with van der Waals surface area (Å²) < 4.78 is 0. The highest BCUT2D eigenvalue weighted by Crippen LogP contribution is 2.03. The monoisotopic (exact) mass is 123 g/mol. The third kappa shape index (κ3) is 1.17. The highest BCUT2D eigenvalue weighted by atomic mass is 15.4. The van der Waals surface area contributed by atoms with E-state index in [1.807, 2.05) is 13.0 Å². The fourth-order valence-corrected chi connectivity index (χ4v) is 0.617. The van der Waals surface area contributed by atoms with E-state index in [1.165, 1.54) is 5.01 Å². The van der Waals surface area contributed by atoms with E-state index in [0.717, 1.165) is 5.82 Å². The smallest absolute Gasteiger partial charge is 0.142 e. The van der Waals surface area contributed by atoms with Crippen molar-refractivity contribution in [3.63, 3.8) is 0 Å². The van der Waals surface area contributed by atoms with Crippen LogP contribution in [0.4, 0.5) is 0 Å². The molecule has 0 saturated carbocycles. The SMILES string of the molecule is C/C=C1/N=CC=CN1N. The zero-order valence-electron chi connectivity index (χ0n) is 5.28. The zero-order valence-corrected chi connectivity index (χ0v) is 5.28. The fraction of sp³-hybridized carbons (Fsp3) is 0.167. The van der Waals surface area contributed by atoms with Gasteiger partial charge in [0.1, 0.15) is 5.82 Å². The van der Waals surface area contributed by atoms with Crippen molar-refractivity contribution in [1.29, 1.82) is 0 Å². The molecule has 0 atom stereocenters. The number of hydrogen-bond acceptors (Lipinski definition) is 3. The third-order valence-corrected chi connectivity index (χ3v) is 1.06. The summed E-state index contributed by atoms with van der Waals surface area (Å²) in [6.07, 6.45) is 7.09. The number of nitrogens with zero attached hydrogens (tertiary/aromatic N) is 2. The Morgan fingerprint density at radius 1 is 1.78 bits per heavy atom. The molecule has 1 aliphatic heterocycles. The lowest BCUT2D eigenvalue weighted by Crippen LogP contribution is -2.24. The first-order chi connectivity index (χ1) is 4.34. The summed E-state index contributed by atoms with van der Waals surface area (Å²) in [7, 11) is 0. The van der Waals surface area contributed by atoms with Gasteiger partial charge >= 0.3 is 0 Å². The van der Waals surface area contributed by atoms with Gasteiger partial charge in [-0.15, -0.1) is 0 Å². The minimum atomic E-state index is 0.775. The average molecular weight is 123 g/mol. The summed E-state index contributed by atoms with van der Waals surface area (Å²) in [5, 5.41) is 1.47. The van der Waals surface area contributed by atoms with E-state index < -0.39 is 0 Å². The first-order valence-electron chi connectivity index (χ1n) is 2.75. The molecule has 1 aliphatic rings. The van der Waals surface area contributed by atoms with Crippen LogP contribution in [-0.4, -0.2) is 11.2 Å². The van der Waals surface area contributed by atoms with E-state index in [2.05, 4.69) is 4.99 Å². The Morgan fingerprint density at radius 3 is 3.00 bits per heavy atom. The Morgan fingerprint density at radius 2 is 2.56 bits per heavy atom. The summed E-state index contributed by atoms with van der Waals surface area (Å²) in [5.41, 5.74) is 0. The molecule has 0 unspecified atom stereocenters. The lowest BCUT2D eigenvalue weighted by molar-refractivity contribution is 0.483. The Balaban J connectivity index is 2.78. The molecule has 0 aromatic heterocycles. The number of nitrogens with two attached hydrogens (primary N) is 1. The molecule has 0 aliphatic carbocycles. The van der Waals surface area contributed by atoms with E-state index in [9.17, 15) is 0 Å².